The van der Waals surface area contributed by atoms with Gasteiger partial charge in [0.2, 0.25) is 10.0 Å². The number of nitrogens with zero attached hydrogens (tertiary/aromatic N) is 2. The van der Waals surface area contributed by atoms with E-state index in [-0.39, 0.29) is 24.8 Å². The Morgan fingerprint density at radius 3 is 2.48 bits per heavy atom. The van der Waals surface area contributed by atoms with Crippen LogP contribution in [0.2, 0.25) is 0 Å². The third-order valence-electron chi connectivity index (χ3n) is 3.47. The summed E-state index contributed by atoms with van der Waals surface area (Å²) in [7, 11) is -3.56. The first-order valence-electron chi connectivity index (χ1n) is 7.56. The van der Waals surface area contributed by atoms with Gasteiger partial charge >= 0.3 is 0 Å². The second-order valence-corrected chi connectivity index (χ2v) is 7.35. The van der Waals surface area contributed by atoms with Crippen LogP contribution in [0.5, 0.6) is 0 Å². The lowest BCUT2D eigenvalue weighted by Gasteiger charge is -2.23. The molecule has 0 aliphatic rings. The van der Waals surface area contributed by atoms with E-state index in [1.165, 1.54) is 19.2 Å². The molecule has 0 saturated heterocycles. The fourth-order valence-corrected chi connectivity index (χ4v) is 3.16. The van der Waals surface area contributed by atoms with Crippen LogP contribution in [0, 0.1) is 0 Å². The number of carbonyl (C=O) groups excluding carboxylic acids is 2. The third kappa shape index (κ3) is 5.12. The summed E-state index contributed by atoms with van der Waals surface area (Å²) in [6.07, 6.45) is 4.07. The number of benzene rings is 1. The van der Waals surface area contributed by atoms with Crippen LogP contribution in [0.4, 0.5) is 5.69 Å². The lowest BCUT2D eigenvalue weighted by molar-refractivity contribution is 0.0953. The largest absolute Gasteiger partial charge is 0.350 e. The van der Waals surface area contributed by atoms with Crippen LogP contribution in [0.3, 0.4) is 0 Å². The zero-order chi connectivity index (χ0) is 18.4. The van der Waals surface area contributed by atoms with Gasteiger partial charge in [-0.15, -0.1) is 0 Å². The predicted octanol–water partition coefficient (Wildman–Crippen LogP) is 1.48. The van der Waals surface area contributed by atoms with E-state index in [0.717, 1.165) is 10.6 Å². The number of pyridine rings is 1. The van der Waals surface area contributed by atoms with Gasteiger partial charge in [0.25, 0.3) is 5.91 Å². The molecule has 1 aromatic carbocycles. The first kappa shape index (κ1) is 18.6. The zero-order valence-corrected chi connectivity index (χ0v) is 14.8. The number of carbonyl (C=O) groups is 2. The molecule has 0 aliphatic carbocycles. The number of aromatic nitrogens is 1. The van der Waals surface area contributed by atoms with Crippen molar-refractivity contribution in [3.05, 3.63) is 59.9 Å². The molecule has 0 atom stereocenters. The van der Waals surface area contributed by atoms with Gasteiger partial charge in [-0.25, -0.2) is 8.42 Å². The van der Waals surface area contributed by atoms with Crippen molar-refractivity contribution >= 4 is 27.4 Å². The second-order valence-electron chi connectivity index (χ2n) is 5.44. The lowest BCUT2D eigenvalue weighted by atomic mass is 10.1. The molecule has 0 saturated carbocycles. The maximum Gasteiger partial charge on any atom is 0.252 e. The first-order valence-corrected chi connectivity index (χ1v) is 9.41. The molecule has 1 heterocycles. The highest BCUT2D eigenvalue weighted by molar-refractivity contribution is 7.92. The number of ketones is 1. The van der Waals surface area contributed by atoms with Crippen molar-refractivity contribution in [3.8, 4) is 0 Å². The van der Waals surface area contributed by atoms with Crippen LogP contribution in [0.25, 0.3) is 0 Å². The summed E-state index contributed by atoms with van der Waals surface area (Å²) >= 11 is 0. The highest BCUT2D eigenvalue weighted by Gasteiger charge is 2.18. The zero-order valence-electron chi connectivity index (χ0n) is 14.0. The maximum absolute atomic E-state index is 12.1. The highest BCUT2D eigenvalue weighted by Crippen LogP contribution is 2.19. The van der Waals surface area contributed by atoms with E-state index in [9.17, 15) is 18.0 Å². The molecule has 2 rings (SSSR count). The van der Waals surface area contributed by atoms with E-state index in [2.05, 4.69) is 10.3 Å². The van der Waals surface area contributed by atoms with E-state index in [1.807, 2.05) is 0 Å². The van der Waals surface area contributed by atoms with Crippen LogP contribution >= 0.6 is 0 Å². The molecule has 0 aliphatic heterocycles. The van der Waals surface area contributed by atoms with Crippen LogP contribution in [-0.4, -0.2) is 44.4 Å². The van der Waals surface area contributed by atoms with Crippen LogP contribution in [0.1, 0.15) is 27.6 Å². The summed E-state index contributed by atoms with van der Waals surface area (Å²) in [6, 6.07) is 9.63. The Balaban J connectivity index is 2.11. The van der Waals surface area contributed by atoms with E-state index < -0.39 is 10.0 Å². The summed E-state index contributed by atoms with van der Waals surface area (Å²) in [5.41, 5.74) is 1.20. The Morgan fingerprint density at radius 1 is 1.16 bits per heavy atom. The Hall–Kier alpha value is -2.74. The van der Waals surface area contributed by atoms with Gasteiger partial charge in [0.1, 0.15) is 0 Å². The number of sulfonamides is 1. The van der Waals surface area contributed by atoms with Gasteiger partial charge in [0.05, 0.1) is 24.1 Å². The number of nitrogens with one attached hydrogen (secondary N) is 1. The molecule has 0 spiro atoms. The van der Waals surface area contributed by atoms with E-state index in [1.54, 1.807) is 36.5 Å². The van der Waals surface area contributed by atoms with Gasteiger partial charge in [-0.05, 0) is 31.2 Å². The average molecular weight is 361 g/mol. The summed E-state index contributed by atoms with van der Waals surface area (Å²) in [5, 5.41) is 2.66. The second kappa shape index (κ2) is 7.89. The minimum Gasteiger partial charge on any atom is -0.350 e. The molecule has 132 valence electrons. The molecule has 1 amide bonds. The number of amides is 1. The summed E-state index contributed by atoms with van der Waals surface area (Å²) in [4.78, 5) is 27.4. The van der Waals surface area contributed by atoms with Gasteiger partial charge < -0.3 is 5.32 Å². The summed E-state index contributed by atoms with van der Waals surface area (Å²) in [6.45, 7) is 1.58. The molecule has 8 heteroatoms. The molecule has 0 fully saturated rings. The molecule has 1 N–H and O–H groups in total. The van der Waals surface area contributed by atoms with Gasteiger partial charge in [-0.3, -0.25) is 18.9 Å². The van der Waals surface area contributed by atoms with Crippen molar-refractivity contribution in [1.82, 2.24) is 10.3 Å². The summed E-state index contributed by atoms with van der Waals surface area (Å²) < 4.78 is 25.3. The Bertz CT molecular complexity index is 866. The fourth-order valence-electron chi connectivity index (χ4n) is 2.24. The van der Waals surface area contributed by atoms with Gasteiger partial charge in [0, 0.05) is 24.5 Å². The van der Waals surface area contributed by atoms with Gasteiger partial charge in [-0.2, -0.15) is 0 Å². The molecule has 0 radical (unpaired) electrons. The molecule has 1 aromatic heterocycles. The first-order chi connectivity index (χ1) is 11.8. The predicted molar refractivity (Wildman–Crippen MR) is 95.2 cm³/mol. The molecule has 25 heavy (non-hydrogen) atoms. The molecule has 2 aromatic rings. The van der Waals surface area contributed by atoms with Crippen LogP contribution < -0.4 is 9.62 Å². The Kier molecular flexibility index (Phi) is 5.87. The quantitative estimate of drug-likeness (QED) is 0.754. The van der Waals surface area contributed by atoms with Crippen molar-refractivity contribution in [2.45, 2.75) is 6.92 Å². The number of Topliss-reactive ketones (excluding diaryl/α,β-unsaturated/α-hetero) is 1. The smallest absolute Gasteiger partial charge is 0.252 e. The maximum atomic E-state index is 12.1. The Labute approximate surface area is 146 Å². The average Bonchev–Trinajstić information content (AvgIpc) is 2.58. The Morgan fingerprint density at radius 2 is 1.88 bits per heavy atom. The van der Waals surface area contributed by atoms with Crippen molar-refractivity contribution in [1.29, 1.82) is 0 Å². The molecule has 0 bridgehead atoms. The van der Waals surface area contributed by atoms with Crippen LogP contribution in [0.15, 0.2) is 48.8 Å². The standard InChI is InChI=1S/C17H19N3O4S/c1-13(21)14-5-3-7-16(11-14)20(25(2,23)24)10-9-19-17(22)15-6-4-8-18-12-15/h3-8,11-12H,9-10H2,1-2H3,(H,19,22). The lowest BCUT2D eigenvalue weighted by Crippen LogP contribution is -2.38. The van der Waals surface area contributed by atoms with E-state index >= 15 is 0 Å². The monoisotopic (exact) mass is 361 g/mol. The highest BCUT2D eigenvalue weighted by atomic mass is 32.2. The normalized spacial score (nSPS) is 11.0. The van der Waals surface area contributed by atoms with Crippen molar-refractivity contribution in [2.75, 3.05) is 23.7 Å². The number of hydrogen-bond acceptors (Lipinski definition) is 5. The minimum absolute atomic E-state index is 0.0478. The number of rotatable bonds is 7. The molecular weight excluding hydrogens is 342 g/mol. The van der Waals surface area contributed by atoms with Crippen molar-refractivity contribution in [3.63, 3.8) is 0 Å². The molecule has 0 unspecified atom stereocenters. The van der Waals surface area contributed by atoms with Crippen molar-refractivity contribution < 1.29 is 18.0 Å². The van der Waals surface area contributed by atoms with E-state index in [0.29, 0.717) is 16.8 Å². The topological polar surface area (TPSA) is 96.4 Å². The molecular formula is C17H19N3O4S. The van der Waals surface area contributed by atoms with Gasteiger partial charge in [0.15, 0.2) is 5.78 Å². The van der Waals surface area contributed by atoms with Crippen LogP contribution in [-0.2, 0) is 10.0 Å². The SMILES string of the molecule is CC(=O)c1cccc(N(CCNC(=O)c2cccnc2)S(C)(=O)=O)c1. The van der Waals surface area contributed by atoms with E-state index in [4.69, 9.17) is 0 Å². The fraction of sp³-hybridized carbons (Fsp3) is 0.235. The van der Waals surface area contributed by atoms with Gasteiger partial charge in [-0.1, -0.05) is 12.1 Å². The minimum atomic E-state index is -3.56. The molecule has 7 nitrogen and oxygen atoms in total. The van der Waals surface area contributed by atoms with Crippen molar-refractivity contribution in [2.24, 2.45) is 0 Å². The number of anilines is 1. The third-order valence-corrected chi connectivity index (χ3v) is 4.66. The number of hydrogen-bond donors (Lipinski definition) is 1. The summed E-state index contributed by atoms with van der Waals surface area (Å²) in [5.74, 6) is -0.487.